The van der Waals surface area contributed by atoms with Crippen LogP contribution in [0.4, 0.5) is 22.7 Å². The average Bonchev–Trinajstić information content (AvgIpc) is 2.90. The lowest BCUT2D eigenvalue weighted by atomic mass is 10.1. The monoisotopic (exact) mass is 452 g/mol. The zero-order valence-electron chi connectivity index (χ0n) is 18.3. The van der Waals surface area contributed by atoms with E-state index in [0.29, 0.717) is 22.7 Å². The maximum Gasteiger partial charge on any atom is 0.263 e. The fourth-order valence-electron chi connectivity index (χ4n) is 3.65. The van der Waals surface area contributed by atoms with Crippen LogP contribution in [0.15, 0.2) is 121 Å². The molecule has 4 aromatic carbocycles. The van der Waals surface area contributed by atoms with Crippen LogP contribution in [-0.4, -0.2) is 34.2 Å². The Morgan fingerprint density at radius 1 is 0.441 bits per heavy atom. The van der Waals surface area contributed by atoms with Crippen molar-refractivity contribution in [2.24, 2.45) is 0 Å². The van der Waals surface area contributed by atoms with Gasteiger partial charge in [-0.2, -0.15) is 0 Å². The second-order valence-corrected chi connectivity index (χ2v) is 7.58. The van der Waals surface area contributed by atoms with Crippen LogP contribution in [0.5, 0.6) is 0 Å². The Morgan fingerprint density at radius 2 is 0.647 bits per heavy atom. The minimum absolute atomic E-state index is 0.500. The summed E-state index contributed by atoms with van der Waals surface area (Å²) in [6, 6.07) is 35.1. The minimum atomic E-state index is -2.00. The van der Waals surface area contributed by atoms with Crippen molar-refractivity contribution in [3.8, 4) is 0 Å². The van der Waals surface area contributed by atoms with Gasteiger partial charge in [0.25, 0.3) is 11.8 Å². The first-order chi connectivity index (χ1) is 16.6. The van der Waals surface area contributed by atoms with Crippen LogP contribution < -0.4 is 9.80 Å². The Bertz CT molecular complexity index is 1040. The lowest BCUT2D eigenvalue weighted by Crippen LogP contribution is -2.50. The summed E-state index contributed by atoms with van der Waals surface area (Å²) in [6.45, 7) is 0. The summed E-state index contributed by atoms with van der Waals surface area (Å²) >= 11 is 0. The number of hydrogen-bond acceptors (Lipinski definition) is 4. The van der Waals surface area contributed by atoms with Gasteiger partial charge in [-0.05, 0) is 48.5 Å². The number of para-hydroxylation sites is 4. The van der Waals surface area contributed by atoms with Gasteiger partial charge in [0.2, 0.25) is 0 Å². The molecule has 2 atom stereocenters. The van der Waals surface area contributed by atoms with Crippen LogP contribution >= 0.6 is 0 Å². The lowest BCUT2D eigenvalue weighted by molar-refractivity contribution is -0.142. The van der Waals surface area contributed by atoms with Crippen LogP contribution in [0.2, 0.25) is 0 Å². The van der Waals surface area contributed by atoms with Crippen LogP contribution in [-0.2, 0) is 9.59 Å². The van der Waals surface area contributed by atoms with E-state index in [1.54, 1.807) is 97.1 Å². The van der Waals surface area contributed by atoms with Gasteiger partial charge < -0.3 is 10.2 Å². The second-order valence-electron chi connectivity index (χ2n) is 7.58. The molecule has 4 rings (SSSR count). The highest BCUT2D eigenvalue weighted by atomic mass is 16.3. The number of carbonyl (C=O) groups excluding carboxylic acids is 2. The Morgan fingerprint density at radius 3 is 0.853 bits per heavy atom. The molecule has 0 aliphatic rings. The summed E-state index contributed by atoms with van der Waals surface area (Å²) in [5.74, 6) is -1.64. The second kappa shape index (κ2) is 10.6. The third-order valence-corrected chi connectivity index (χ3v) is 5.30. The molecule has 6 heteroatoms. The predicted molar refractivity (Wildman–Crippen MR) is 132 cm³/mol. The fraction of sp³-hybridized carbons (Fsp3) is 0.0714. The molecule has 6 nitrogen and oxygen atoms in total. The maximum absolute atomic E-state index is 13.4. The molecule has 0 spiro atoms. The number of carbonyl (C=O) groups is 2. The van der Waals surface area contributed by atoms with E-state index in [1.165, 1.54) is 9.80 Å². The summed E-state index contributed by atoms with van der Waals surface area (Å²) in [5, 5.41) is 21.8. The number of amides is 2. The molecule has 0 saturated carbocycles. The summed E-state index contributed by atoms with van der Waals surface area (Å²) in [4.78, 5) is 29.4. The molecule has 2 unspecified atom stereocenters. The van der Waals surface area contributed by atoms with Gasteiger partial charge in [-0.1, -0.05) is 72.8 Å². The van der Waals surface area contributed by atoms with Gasteiger partial charge >= 0.3 is 0 Å². The third kappa shape index (κ3) is 4.88. The number of rotatable bonds is 7. The quantitative estimate of drug-likeness (QED) is 0.435. The molecule has 2 N–H and O–H groups in total. The highest BCUT2D eigenvalue weighted by Gasteiger charge is 2.37. The SMILES string of the molecule is O=C(C(O)C(O)C(=O)N(c1ccccc1)c1ccccc1)N(c1ccccc1)c1ccccc1. The molecule has 4 aromatic rings. The van der Waals surface area contributed by atoms with Gasteiger partial charge in [0.05, 0.1) is 0 Å². The molecule has 0 heterocycles. The van der Waals surface area contributed by atoms with Crippen molar-refractivity contribution < 1.29 is 19.8 Å². The number of hydrogen-bond donors (Lipinski definition) is 2. The number of aliphatic hydroxyl groups excluding tert-OH is 2. The lowest BCUT2D eigenvalue weighted by Gasteiger charge is -2.30. The molecule has 34 heavy (non-hydrogen) atoms. The molecule has 0 aromatic heterocycles. The zero-order chi connectivity index (χ0) is 23.9. The van der Waals surface area contributed by atoms with E-state index >= 15 is 0 Å². The van der Waals surface area contributed by atoms with Crippen LogP contribution in [0.1, 0.15) is 0 Å². The summed E-state index contributed by atoms with van der Waals surface area (Å²) in [7, 11) is 0. The topological polar surface area (TPSA) is 81.1 Å². The van der Waals surface area contributed by atoms with Crippen LogP contribution in [0, 0.1) is 0 Å². The molecule has 0 aliphatic heterocycles. The Kier molecular flexibility index (Phi) is 7.13. The number of benzene rings is 4. The maximum atomic E-state index is 13.4. The van der Waals surface area contributed by atoms with Gasteiger partial charge in [0.15, 0.2) is 12.2 Å². The average molecular weight is 453 g/mol. The van der Waals surface area contributed by atoms with Gasteiger partial charge in [-0.3, -0.25) is 19.4 Å². The van der Waals surface area contributed by atoms with Crippen molar-refractivity contribution in [2.45, 2.75) is 12.2 Å². The first-order valence-corrected chi connectivity index (χ1v) is 10.8. The van der Waals surface area contributed by atoms with Crippen molar-refractivity contribution in [3.63, 3.8) is 0 Å². The van der Waals surface area contributed by atoms with E-state index in [0.717, 1.165) is 0 Å². The Balaban J connectivity index is 1.67. The molecule has 0 aliphatic carbocycles. The van der Waals surface area contributed by atoms with Crippen molar-refractivity contribution in [3.05, 3.63) is 121 Å². The van der Waals surface area contributed by atoms with Crippen LogP contribution in [0.25, 0.3) is 0 Å². The van der Waals surface area contributed by atoms with E-state index in [-0.39, 0.29) is 0 Å². The van der Waals surface area contributed by atoms with Crippen molar-refractivity contribution in [2.75, 3.05) is 9.80 Å². The smallest absolute Gasteiger partial charge is 0.263 e. The van der Waals surface area contributed by atoms with E-state index < -0.39 is 24.0 Å². The molecule has 0 fully saturated rings. The third-order valence-electron chi connectivity index (χ3n) is 5.30. The van der Waals surface area contributed by atoms with Crippen molar-refractivity contribution in [1.82, 2.24) is 0 Å². The Labute approximate surface area is 197 Å². The van der Waals surface area contributed by atoms with Gasteiger partial charge in [-0.25, -0.2) is 0 Å². The normalized spacial score (nSPS) is 12.4. The van der Waals surface area contributed by atoms with E-state index in [1.807, 2.05) is 24.3 Å². The first kappa shape index (κ1) is 22.9. The molecular formula is C28H24N2O4. The molecule has 2 amide bonds. The minimum Gasteiger partial charge on any atom is -0.380 e. The van der Waals surface area contributed by atoms with Gasteiger partial charge in [0, 0.05) is 22.7 Å². The summed E-state index contributed by atoms with van der Waals surface area (Å²) in [5.41, 5.74) is 2.00. The van der Waals surface area contributed by atoms with Crippen LogP contribution in [0.3, 0.4) is 0 Å². The van der Waals surface area contributed by atoms with E-state index in [4.69, 9.17) is 0 Å². The standard InChI is InChI=1S/C28H24N2O4/c31-25(27(33)29(21-13-5-1-6-14-21)22-15-7-2-8-16-22)26(32)28(34)30(23-17-9-3-10-18-23)24-19-11-4-12-20-24/h1-20,25-26,31-32H. The largest absolute Gasteiger partial charge is 0.380 e. The molecule has 0 radical (unpaired) electrons. The molecule has 0 saturated heterocycles. The highest BCUT2D eigenvalue weighted by molar-refractivity contribution is 6.09. The summed E-state index contributed by atoms with van der Waals surface area (Å²) in [6.07, 6.45) is -3.99. The zero-order valence-corrected chi connectivity index (χ0v) is 18.3. The summed E-state index contributed by atoms with van der Waals surface area (Å²) < 4.78 is 0. The number of nitrogens with zero attached hydrogens (tertiary/aromatic N) is 2. The predicted octanol–water partition coefficient (Wildman–Crippen LogP) is 4.44. The van der Waals surface area contributed by atoms with Crippen molar-refractivity contribution >= 4 is 34.6 Å². The molecule has 0 bridgehead atoms. The number of anilines is 4. The van der Waals surface area contributed by atoms with Gasteiger partial charge in [-0.15, -0.1) is 0 Å². The van der Waals surface area contributed by atoms with Gasteiger partial charge in [0.1, 0.15) is 0 Å². The highest BCUT2D eigenvalue weighted by Crippen LogP contribution is 2.29. The number of aliphatic hydroxyl groups is 2. The van der Waals surface area contributed by atoms with E-state index in [9.17, 15) is 19.8 Å². The first-order valence-electron chi connectivity index (χ1n) is 10.8. The fourth-order valence-corrected chi connectivity index (χ4v) is 3.65. The van der Waals surface area contributed by atoms with E-state index in [2.05, 4.69) is 0 Å². The Hall–Kier alpha value is -4.26. The molecular weight excluding hydrogens is 428 g/mol. The van der Waals surface area contributed by atoms with Crippen molar-refractivity contribution in [1.29, 1.82) is 0 Å². The molecule has 170 valence electrons.